The van der Waals surface area contributed by atoms with Gasteiger partial charge in [-0.05, 0) is 35.0 Å². The topological polar surface area (TPSA) is 4.93 Å². The summed E-state index contributed by atoms with van der Waals surface area (Å²) in [5, 5.41) is 7.95. The Morgan fingerprint density at radius 1 is 0.533 bits per heavy atom. The van der Waals surface area contributed by atoms with Gasteiger partial charge < -0.3 is 4.57 Å². The first-order chi connectivity index (χ1) is 14.9. The summed E-state index contributed by atoms with van der Waals surface area (Å²) in [6.07, 6.45) is 0. The fraction of sp³-hybridized carbons (Fsp3) is 0. The van der Waals surface area contributed by atoms with Crippen molar-refractivity contribution >= 4 is 64.1 Å². The summed E-state index contributed by atoms with van der Waals surface area (Å²) < 4.78 is 5.15. The molecule has 30 heavy (non-hydrogen) atoms. The van der Waals surface area contributed by atoms with Crippen molar-refractivity contribution in [1.29, 1.82) is 0 Å². The van der Waals surface area contributed by atoms with E-state index in [0.717, 1.165) is 0 Å². The smallest absolute Gasteiger partial charge is 0.0719 e. The van der Waals surface area contributed by atoms with Crippen LogP contribution in [0.2, 0.25) is 0 Å². The Kier molecular flexibility index (Phi) is 3.21. The first kappa shape index (κ1) is 16.2. The van der Waals surface area contributed by atoms with Crippen molar-refractivity contribution in [2.24, 2.45) is 0 Å². The minimum absolute atomic E-state index is 1.21. The van der Waals surface area contributed by atoms with E-state index in [4.69, 9.17) is 0 Å². The number of aromatic nitrogens is 1. The summed E-state index contributed by atoms with van der Waals surface area (Å²) in [6, 6.07) is 37.4. The second-order valence-electron chi connectivity index (χ2n) is 7.79. The van der Waals surface area contributed by atoms with E-state index in [2.05, 4.69) is 108 Å². The lowest BCUT2D eigenvalue weighted by Gasteiger charge is -2.08. The summed E-state index contributed by atoms with van der Waals surface area (Å²) in [5.41, 5.74) is 3.78. The Hall–Kier alpha value is -3.62. The molecular formula is C28H17NS. The van der Waals surface area contributed by atoms with Crippen molar-refractivity contribution in [3.05, 3.63) is 103 Å². The highest BCUT2D eigenvalue weighted by molar-refractivity contribution is 7.26. The van der Waals surface area contributed by atoms with E-state index in [-0.39, 0.29) is 0 Å². The third-order valence-corrected chi connectivity index (χ3v) is 7.37. The van der Waals surface area contributed by atoms with Gasteiger partial charge in [-0.15, -0.1) is 11.3 Å². The molecule has 0 unspecified atom stereocenters. The lowest BCUT2D eigenvalue weighted by molar-refractivity contribution is 1.19. The molecule has 0 bridgehead atoms. The highest BCUT2D eigenvalue weighted by atomic mass is 32.1. The Labute approximate surface area is 177 Å². The Balaban J connectivity index is 1.81. The van der Waals surface area contributed by atoms with Gasteiger partial charge >= 0.3 is 0 Å². The fourth-order valence-electron chi connectivity index (χ4n) is 4.89. The number of benzene rings is 5. The molecule has 0 aliphatic rings. The Bertz CT molecular complexity index is 1740. The number of thiophene rings is 1. The molecule has 0 radical (unpaired) electrons. The van der Waals surface area contributed by atoms with Crippen molar-refractivity contribution < 1.29 is 0 Å². The molecule has 0 saturated heterocycles. The van der Waals surface area contributed by atoms with Gasteiger partial charge in [0.25, 0.3) is 0 Å². The number of nitrogens with zero attached hydrogens (tertiary/aromatic N) is 1. The average Bonchev–Trinajstić information content (AvgIpc) is 3.35. The molecule has 2 aromatic heterocycles. The van der Waals surface area contributed by atoms with E-state index in [0.29, 0.717) is 0 Å². The molecule has 0 aliphatic carbocycles. The Morgan fingerprint density at radius 2 is 1.27 bits per heavy atom. The second-order valence-corrected chi connectivity index (χ2v) is 8.84. The highest BCUT2D eigenvalue weighted by Gasteiger charge is 2.18. The van der Waals surface area contributed by atoms with Crippen LogP contribution < -0.4 is 0 Å². The van der Waals surface area contributed by atoms with Crippen molar-refractivity contribution in [3.63, 3.8) is 0 Å². The molecule has 140 valence electrons. The standard InChI is InChI=1S/C28H17NS/c1-2-9-19(10-3-1)29-24-17-14-18-8-4-5-11-20(18)26(24)23-16-15-22-21-12-6-7-13-25(21)30-28(22)27(23)29/h1-17H. The molecule has 1 nitrogen and oxygen atoms in total. The van der Waals surface area contributed by atoms with Crippen LogP contribution in [0.15, 0.2) is 103 Å². The van der Waals surface area contributed by atoms with Crippen LogP contribution in [0.25, 0.3) is 58.4 Å². The number of fused-ring (bicyclic) bond motifs is 9. The van der Waals surface area contributed by atoms with E-state index in [1.165, 1.54) is 58.4 Å². The minimum Gasteiger partial charge on any atom is -0.308 e. The maximum absolute atomic E-state index is 2.45. The van der Waals surface area contributed by atoms with Gasteiger partial charge in [-0.1, -0.05) is 78.9 Å². The normalized spacial score (nSPS) is 12.0. The average molecular weight is 400 g/mol. The van der Waals surface area contributed by atoms with Crippen LogP contribution in [-0.4, -0.2) is 4.57 Å². The Morgan fingerprint density at radius 3 is 2.17 bits per heavy atom. The summed E-state index contributed by atoms with van der Waals surface area (Å²) >= 11 is 1.90. The summed E-state index contributed by atoms with van der Waals surface area (Å²) in [4.78, 5) is 0. The van der Waals surface area contributed by atoms with Crippen molar-refractivity contribution in [2.45, 2.75) is 0 Å². The quantitative estimate of drug-likeness (QED) is 0.262. The lowest BCUT2D eigenvalue weighted by atomic mass is 10.0. The zero-order valence-electron chi connectivity index (χ0n) is 16.2. The van der Waals surface area contributed by atoms with Gasteiger partial charge in [-0.2, -0.15) is 0 Å². The van der Waals surface area contributed by atoms with E-state index < -0.39 is 0 Å². The van der Waals surface area contributed by atoms with Crippen LogP contribution in [0.4, 0.5) is 0 Å². The van der Waals surface area contributed by atoms with Crippen LogP contribution in [0.3, 0.4) is 0 Å². The summed E-state index contributed by atoms with van der Waals surface area (Å²) in [5.74, 6) is 0. The molecular weight excluding hydrogens is 382 g/mol. The molecule has 0 N–H and O–H groups in total. The predicted octanol–water partition coefficient (Wildman–Crippen LogP) is 8.30. The molecule has 5 aromatic carbocycles. The van der Waals surface area contributed by atoms with Gasteiger partial charge in [-0.25, -0.2) is 0 Å². The number of para-hydroxylation sites is 1. The van der Waals surface area contributed by atoms with E-state index >= 15 is 0 Å². The molecule has 2 heteroatoms. The van der Waals surface area contributed by atoms with Crippen molar-refractivity contribution in [1.82, 2.24) is 4.57 Å². The maximum Gasteiger partial charge on any atom is 0.0719 e. The highest BCUT2D eigenvalue weighted by Crippen LogP contribution is 2.44. The van der Waals surface area contributed by atoms with Crippen molar-refractivity contribution in [3.8, 4) is 5.69 Å². The van der Waals surface area contributed by atoms with E-state index in [1.54, 1.807) is 0 Å². The molecule has 0 aliphatic heterocycles. The molecule has 0 saturated carbocycles. The SMILES string of the molecule is c1ccc(-n2c3ccc4ccccc4c3c3ccc4c5ccccc5sc4c32)cc1. The van der Waals surface area contributed by atoms with Gasteiger partial charge in [0, 0.05) is 31.9 Å². The molecule has 7 rings (SSSR count). The largest absolute Gasteiger partial charge is 0.308 e. The second kappa shape index (κ2) is 5.94. The van der Waals surface area contributed by atoms with E-state index in [9.17, 15) is 0 Å². The molecule has 0 spiro atoms. The van der Waals surface area contributed by atoms with Gasteiger partial charge in [0.15, 0.2) is 0 Å². The number of rotatable bonds is 1. The number of hydrogen-bond acceptors (Lipinski definition) is 1. The molecule has 7 aromatic rings. The summed E-state index contributed by atoms with van der Waals surface area (Å²) in [7, 11) is 0. The van der Waals surface area contributed by atoms with Gasteiger partial charge in [0.1, 0.15) is 0 Å². The van der Waals surface area contributed by atoms with Crippen molar-refractivity contribution in [2.75, 3.05) is 0 Å². The van der Waals surface area contributed by atoms with Crippen LogP contribution in [0, 0.1) is 0 Å². The van der Waals surface area contributed by atoms with E-state index in [1.807, 2.05) is 11.3 Å². The van der Waals surface area contributed by atoms with Crippen LogP contribution in [0.1, 0.15) is 0 Å². The maximum atomic E-state index is 2.45. The summed E-state index contributed by atoms with van der Waals surface area (Å²) in [6.45, 7) is 0. The third kappa shape index (κ3) is 2.06. The molecule has 0 atom stereocenters. The molecule has 0 fully saturated rings. The predicted molar refractivity (Wildman–Crippen MR) is 131 cm³/mol. The van der Waals surface area contributed by atoms with Crippen LogP contribution >= 0.6 is 11.3 Å². The van der Waals surface area contributed by atoms with Gasteiger partial charge in [-0.3, -0.25) is 0 Å². The zero-order valence-corrected chi connectivity index (χ0v) is 17.0. The monoisotopic (exact) mass is 399 g/mol. The minimum atomic E-state index is 1.21. The fourth-order valence-corrected chi connectivity index (χ4v) is 6.13. The van der Waals surface area contributed by atoms with Crippen LogP contribution in [0.5, 0.6) is 0 Å². The van der Waals surface area contributed by atoms with Gasteiger partial charge in [0.2, 0.25) is 0 Å². The first-order valence-electron chi connectivity index (χ1n) is 10.2. The lowest BCUT2D eigenvalue weighted by Crippen LogP contribution is -1.93. The molecule has 0 amide bonds. The van der Waals surface area contributed by atoms with Crippen LogP contribution in [-0.2, 0) is 0 Å². The number of hydrogen-bond donors (Lipinski definition) is 0. The first-order valence-corrected chi connectivity index (χ1v) is 11.0. The third-order valence-electron chi connectivity index (χ3n) is 6.18. The zero-order chi connectivity index (χ0) is 19.7. The van der Waals surface area contributed by atoms with Gasteiger partial charge in [0.05, 0.1) is 15.7 Å². The molecule has 2 heterocycles.